The molecule has 4 aromatic carbocycles. The third kappa shape index (κ3) is 6.62. The van der Waals surface area contributed by atoms with Gasteiger partial charge in [0.25, 0.3) is 0 Å². The first kappa shape index (κ1) is 34.4. The van der Waals surface area contributed by atoms with Gasteiger partial charge in [-0.2, -0.15) is 16.7 Å². The Morgan fingerprint density at radius 1 is 0.714 bits per heavy atom. The van der Waals surface area contributed by atoms with E-state index < -0.39 is 0 Å². The Morgan fingerprint density at radius 2 is 1.43 bits per heavy atom. The topological polar surface area (TPSA) is 44.9 Å². The van der Waals surface area contributed by atoms with Crippen LogP contribution >= 0.6 is 0 Å². The van der Waals surface area contributed by atoms with Crippen molar-refractivity contribution in [2.24, 2.45) is 0 Å². The Morgan fingerprint density at radius 3 is 2.14 bits per heavy atom. The van der Waals surface area contributed by atoms with Crippen LogP contribution in [-0.4, -0.2) is 19.3 Å². The molecule has 0 N–H and O–H groups in total. The fraction of sp³-hybridized carbons (Fsp3) is 0.256. The number of para-hydroxylation sites is 1. The van der Waals surface area contributed by atoms with Gasteiger partial charge >= 0.3 is 21.1 Å². The van der Waals surface area contributed by atoms with Crippen LogP contribution in [0.5, 0.6) is 11.5 Å². The zero-order chi connectivity index (χ0) is 33.7. The van der Waals surface area contributed by atoms with Crippen LogP contribution in [0.3, 0.4) is 0 Å². The van der Waals surface area contributed by atoms with Gasteiger partial charge in [0, 0.05) is 35.0 Å². The third-order valence-corrected chi connectivity index (χ3v) is 9.12. The molecule has 0 radical (unpaired) electrons. The van der Waals surface area contributed by atoms with Crippen molar-refractivity contribution in [3.8, 4) is 34.1 Å². The third-order valence-electron chi connectivity index (χ3n) is 9.12. The van der Waals surface area contributed by atoms with Gasteiger partial charge in [0.05, 0.1) is 6.20 Å². The molecule has 0 fully saturated rings. The van der Waals surface area contributed by atoms with Crippen LogP contribution in [0.2, 0.25) is 0 Å². The second-order valence-corrected chi connectivity index (χ2v) is 13.9. The number of rotatable bonds is 8. The summed E-state index contributed by atoms with van der Waals surface area (Å²) in [6.07, 6.45) is 5.98. The average Bonchev–Trinajstić information content (AvgIpc) is 3.67. The monoisotopic (exact) mass is 825 g/mol. The Labute approximate surface area is 304 Å². The number of ether oxygens (including phenoxy) is 1. The van der Waals surface area contributed by atoms with E-state index in [4.69, 9.17) is 14.8 Å². The molecule has 7 aromatic rings. The minimum atomic E-state index is 0. The van der Waals surface area contributed by atoms with E-state index in [9.17, 15) is 0 Å². The van der Waals surface area contributed by atoms with E-state index in [1.165, 1.54) is 27.8 Å². The van der Waals surface area contributed by atoms with Crippen LogP contribution < -0.4 is 4.74 Å². The van der Waals surface area contributed by atoms with Gasteiger partial charge in [-0.25, -0.2) is 4.98 Å². The Bertz CT molecular complexity index is 2260. The van der Waals surface area contributed by atoms with Gasteiger partial charge in [-0.05, 0) is 76.2 Å². The van der Waals surface area contributed by atoms with Gasteiger partial charge in [-0.15, -0.1) is 35.7 Å². The summed E-state index contributed by atoms with van der Waals surface area (Å²) in [5.41, 5.74) is 11.5. The summed E-state index contributed by atoms with van der Waals surface area (Å²) in [6, 6.07) is 32.6. The molecule has 0 bridgehead atoms. The van der Waals surface area contributed by atoms with Crippen LogP contribution in [0.25, 0.3) is 44.4 Å². The normalized spacial score (nSPS) is 11.7. The quantitative estimate of drug-likeness (QED) is 0.143. The molecule has 0 spiro atoms. The van der Waals surface area contributed by atoms with Gasteiger partial charge in [-0.3, -0.25) is 4.68 Å². The zero-order valence-corrected chi connectivity index (χ0v) is 31.7. The number of aryl methyl sites for hydroxylation is 2. The van der Waals surface area contributed by atoms with Crippen molar-refractivity contribution >= 4 is 21.8 Å². The summed E-state index contributed by atoms with van der Waals surface area (Å²) in [6.45, 7) is 17.7. The minimum Gasteiger partial charge on any atom is -0.509 e. The fourth-order valence-electron chi connectivity index (χ4n) is 6.72. The molecule has 0 atom stereocenters. The molecule has 49 heavy (non-hydrogen) atoms. The number of hydrogen-bond donors (Lipinski definition) is 0. The summed E-state index contributed by atoms with van der Waals surface area (Å²) in [5.74, 6) is 3.28. The Kier molecular flexibility index (Phi) is 9.69. The molecule has 3 aromatic heterocycles. The zero-order valence-electron chi connectivity index (χ0n) is 29.4. The molecule has 0 aliphatic carbocycles. The molecule has 6 heteroatoms. The molecule has 3 heterocycles. The first-order valence-electron chi connectivity index (χ1n) is 16.9. The molecule has 0 amide bonds. The van der Waals surface area contributed by atoms with Crippen molar-refractivity contribution in [2.75, 3.05) is 0 Å². The summed E-state index contributed by atoms with van der Waals surface area (Å²) in [7, 11) is 0. The van der Waals surface area contributed by atoms with Crippen molar-refractivity contribution in [1.82, 2.24) is 19.3 Å². The maximum atomic E-state index is 6.50. The summed E-state index contributed by atoms with van der Waals surface area (Å²) < 4.78 is 10.6. The molecular formula is C43H42N4OPt. The van der Waals surface area contributed by atoms with E-state index in [0.29, 0.717) is 29.3 Å². The van der Waals surface area contributed by atoms with Crippen molar-refractivity contribution in [2.45, 2.75) is 73.1 Å². The van der Waals surface area contributed by atoms with Gasteiger partial charge in [0.2, 0.25) is 0 Å². The maximum absolute atomic E-state index is 6.50. The van der Waals surface area contributed by atoms with Gasteiger partial charge in [0.1, 0.15) is 5.82 Å². The van der Waals surface area contributed by atoms with E-state index in [1.54, 1.807) is 0 Å². The average molecular weight is 826 g/mol. The van der Waals surface area contributed by atoms with Crippen molar-refractivity contribution in [3.05, 3.63) is 131 Å². The second kappa shape index (κ2) is 13.8. The largest absolute Gasteiger partial charge is 2.00 e. The molecule has 250 valence electrons. The van der Waals surface area contributed by atoms with Gasteiger partial charge in [0.15, 0.2) is 0 Å². The SMILES string of the molecule is Cc1cc(Oc2[c-]c3c(cc2)c2ccccc2n3-c2cc(C(C)C)ccn2)[c-]c(-n2cc(-c3c(C(C)C)cc(C)cc3C(C)C)cn2)c1.[Pt+2]. The van der Waals surface area contributed by atoms with Crippen molar-refractivity contribution in [1.29, 1.82) is 0 Å². The molecular weight excluding hydrogens is 784 g/mol. The van der Waals surface area contributed by atoms with E-state index in [2.05, 4.69) is 139 Å². The first-order chi connectivity index (χ1) is 23.1. The minimum absolute atomic E-state index is 0. The number of benzene rings is 4. The number of fused-ring (bicyclic) bond motifs is 3. The standard InChI is InChI=1S/C43H42N4O.Pt/c1-26(2)31-15-16-44-42(21-31)47-40-12-10-9-11-36(40)37-14-13-34(23-41(37)47)48-35-18-29(7)17-33(22-35)46-25-32(24-45-46)43-38(27(3)4)19-30(8)20-39(43)28(5)6;/h9-21,24-28H,1-8H3;/q-2;+2. The summed E-state index contributed by atoms with van der Waals surface area (Å²) in [4.78, 5) is 4.78. The molecule has 5 nitrogen and oxygen atoms in total. The second-order valence-electron chi connectivity index (χ2n) is 13.9. The van der Waals surface area contributed by atoms with Crippen molar-refractivity contribution < 1.29 is 25.8 Å². The van der Waals surface area contributed by atoms with Crippen LogP contribution in [0.4, 0.5) is 0 Å². The first-order valence-corrected chi connectivity index (χ1v) is 16.9. The van der Waals surface area contributed by atoms with Crippen LogP contribution in [0, 0.1) is 26.0 Å². The van der Waals surface area contributed by atoms with Gasteiger partial charge in [-0.1, -0.05) is 89.9 Å². The molecule has 0 aliphatic heterocycles. The van der Waals surface area contributed by atoms with E-state index in [0.717, 1.165) is 44.4 Å². The van der Waals surface area contributed by atoms with Gasteiger partial charge < -0.3 is 9.30 Å². The molecule has 0 saturated heterocycles. The molecule has 0 saturated carbocycles. The Hall–Kier alpha value is -4.47. The molecule has 0 unspecified atom stereocenters. The summed E-state index contributed by atoms with van der Waals surface area (Å²) >= 11 is 0. The van der Waals surface area contributed by atoms with E-state index >= 15 is 0 Å². The van der Waals surface area contributed by atoms with E-state index in [1.807, 2.05) is 29.2 Å². The number of pyridine rings is 1. The van der Waals surface area contributed by atoms with Crippen LogP contribution in [-0.2, 0) is 21.1 Å². The number of nitrogens with zero attached hydrogens (tertiary/aromatic N) is 4. The van der Waals surface area contributed by atoms with Crippen LogP contribution in [0.1, 0.15) is 87.1 Å². The summed E-state index contributed by atoms with van der Waals surface area (Å²) in [5, 5.41) is 7.07. The predicted molar refractivity (Wildman–Crippen MR) is 197 cm³/mol. The molecule has 0 aliphatic rings. The number of aromatic nitrogens is 4. The van der Waals surface area contributed by atoms with Crippen molar-refractivity contribution in [3.63, 3.8) is 0 Å². The smallest absolute Gasteiger partial charge is 0.509 e. The fourth-order valence-corrected chi connectivity index (χ4v) is 6.72. The molecule has 7 rings (SSSR count). The van der Waals surface area contributed by atoms with Crippen LogP contribution in [0.15, 0.2) is 91.4 Å². The number of hydrogen-bond acceptors (Lipinski definition) is 3. The Balaban J connectivity index is 0.00000417. The van der Waals surface area contributed by atoms with E-state index in [-0.39, 0.29) is 21.1 Å². The predicted octanol–water partition coefficient (Wildman–Crippen LogP) is 11.4. The maximum Gasteiger partial charge on any atom is 2.00 e.